The van der Waals surface area contributed by atoms with Crippen LogP contribution in [0, 0.1) is 10.1 Å². The van der Waals surface area contributed by atoms with E-state index >= 15 is 0 Å². The van der Waals surface area contributed by atoms with Gasteiger partial charge in [0, 0.05) is 23.7 Å². The molecule has 0 spiro atoms. The van der Waals surface area contributed by atoms with E-state index in [1.807, 2.05) is 0 Å². The van der Waals surface area contributed by atoms with Gasteiger partial charge in [-0.15, -0.1) is 0 Å². The van der Waals surface area contributed by atoms with Gasteiger partial charge < -0.3 is 40.3 Å². The van der Waals surface area contributed by atoms with Crippen LogP contribution in [0.5, 0.6) is 0 Å². The lowest BCUT2D eigenvalue weighted by molar-refractivity contribution is -0.385. The highest BCUT2D eigenvalue weighted by molar-refractivity contribution is 7.66. The highest BCUT2D eigenvalue weighted by atomic mass is 31.3. The van der Waals surface area contributed by atoms with Gasteiger partial charge in [-0.3, -0.25) is 19.2 Å². The van der Waals surface area contributed by atoms with Crippen LogP contribution < -0.4 is 11.4 Å². The molecule has 1 aromatic heterocycles. The van der Waals surface area contributed by atoms with Crippen LogP contribution in [0.15, 0.2) is 41.3 Å². The number of benzene rings is 1. The molecule has 3 rings (SSSR count). The fraction of sp³-hybridized carbons (Fsp3) is 0.412. The van der Waals surface area contributed by atoms with E-state index in [0.717, 1.165) is 18.3 Å². The smallest absolute Gasteiger partial charge is 0.387 e. The molecule has 8 N–H and O–H groups in total. The Labute approximate surface area is 223 Å². The zero-order valence-electron chi connectivity index (χ0n) is 20.0. The van der Waals surface area contributed by atoms with Crippen molar-refractivity contribution < 1.29 is 66.3 Å². The lowest BCUT2D eigenvalue weighted by Crippen LogP contribution is -2.42. The molecule has 40 heavy (non-hydrogen) atoms. The molecule has 23 heteroatoms. The van der Waals surface area contributed by atoms with Gasteiger partial charge in [0.2, 0.25) is 0 Å². The fourth-order valence-electron chi connectivity index (χ4n) is 3.91. The molecule has 0 amide bonds. The number of ether oxygens (including phenoxy) is 1. The summed E-state index contributed by atoms with van der Waals surface area (Å²) in [7, 11) is -17.6. The van der Waals surface area contributed by atoms with Crippen molar-refractivity contribution in [1.82, 2.24) is 9.55 Å². The number of aliphatic hydroxyl groups is 2. The maximum atomic E-state index is 12.7. The molecule has 1 aromatic carbocycles. The van der Waals surface area contributed by atoms with E-state index in [0.29, 0.717) is 4.57 Å². The summed E-state index contributed by atoms with van der Waals surface area (Å²) in [6, 6.07) is 6.07. The predicted octanol–water partition coefficient (Wildman–Crippen LogP) is -0.131. The number of para-hydroxylation sites is 1. The standard InChI is InChI=1S/C17H23N4O16P3/c1-8(9-4-2-3-5-10(9)21(25)26)14(35-39(30,31)37-40(32,33)36-38(27,28)29)15-12(22)13(23)16(34-15)20-7-6-11(18)19-17(20)24/h2-8,12-16,22-23H,1H3,(H,30,31)(H,32,33)(H2,18,19,24)(H2,27,28,29)/t8?,12-,13+,14?,15-,16+/m0/s1. The highest BCUT2D eigenvalue weighted by Gasteiger charge is 2.53. The summed E-state index contributed by atoms with van der Waals surface area (Å²) in [5.41, 5.74) is 3.70. The Bertz CT molecular complexity index is 1460. The van der Waals surface area contributed by atoms with Crippen molar-refractivity contribution in [2.24, 2.45) is 0 Å². The molecule has 2 heterocycles. The third-order valence-electron chi connectivity index (χ3n) is 5.51. The number of rotatable bonds is 11. The summed E-state index contributed by atoms with van der Waals surface area (Å²) in [5, 5.41) is 33.0. The van der Waals surface area contributed by atoms with E-state index in [1.165, 1.54) is 25.1 Å². The number of aliphatic hydroxyl groups excluding tert-OH is 2. The van der Waals surface area contributed by atoms with Crippen molar-refractivity contribution in [2.75, 3.05) is 5.73 Å². The van der Waals surface area contributed by atoms with E-state index in [-0.39, 0.29) is 11.4 Å². The highest BCUT2D eigenvalue weighted by Crippen LogP contribution is 2.67. The summed E-state index contributed by atoms with van der Waals surface area (Å²) < 4.78 is 54.2. The van der Waals surface area contributed by atoms with Gasteiger partial charge >= 0.3 is 29.2 Å². The molecule has 8 atom stereocenters. The van der Waals surface area contributed by atoms with Gasteiger partial charge in [0.05, 0.1) is 4.92 Å². The van der Waals surface area contributed by atoms with Crippen molar-refractivity contribution in [3.63, 3.8) is 0 Å². The lowest BCUT2D eigenvalue weighted by atomic mass is 9.89. The van der Waals surface area contributed by atoms with Gasteiger partial charge in [-0.05, 0) is 6.07 Å². The van der Waals surface area contributed by atoms with Crippen molar-refractivity contribution in [3.05, 3.63) is 62.7 Å². The third-order valence-corrected chi connectivity index (χ3v) is 9.35. The zero-order chi connectivity index (χ0) is 30.2. The summed E-state index contributed by atoms with van der Waals surface area (Å²) >= 11 is 0. The summed E-state index contributed by atoms with van der Waals surface area (Å²) in [6.07, 6.45) is -8.56. The minimum atomic E-state index is -5.98. The monoisotopic (exact) mass is 632 g/mol. The Hall–Kier alpha value is -2.41. The molecule has 0 bridgehead atoms. The second kappa shape index (κ2) is 11.8. The number of hydrogen-bond donors (Lipinski definition) is 7. The van der Waals surface area contributed by atoms with Crippen LogP contribution >= 0.6 is 23.5 Å². The van der Waals surface area contributed by atoms with Crippen LogP contribution in [0.1, 0.15) is 24.6 Å². The van der Waals surface area contributed by atoms with E-state index in [4.69, 9.17) is 24.8 Å². The van der Waals surface area contributed by atoms with Crippen molar-refractivity contribution in [2.45, 2.75) is 43.5 Å². The minimum absolute atomic E-state index is 0.170. The number of nitro groups is 1. The molecule has 1 saturated heterocycles. The van der Waals surface area contributed by atoms with Crippen LogP contribution in [0.3, 0.4) is 0 Å². The maximum Gasteiger partial charge on any atom is 0.490 e. The first-order valence-electron chi connectivity index (χ1n) is 10.7. The molecule has 0 radical (unpaired) electrons. The number of nitrogens with two attached hydrogens (primary N) is 1. The van der Waals surface area contributed by atoms with Gasteiger partial charge in [-0.2, -0.15) is 13.6 Å². The van der Waals surface area contributed by atoms with Gasteiger partial charge in [-0.25, -0.2) is 18.5 Å². The molecule has 0 saturated carbocycles. The van der Waals surface area contributed by atoms with Gasteiger partial charge in [0.25, 0.3) is 5.69 Å². The number of hydrogen-bond acceptors (Lipinski definition) is 14. The number of nitrogen functional groups attached to an aromatic ring is 1. The number of phosphoric ester groups is 1. The predicted molar refractivity (Wildman–Crippen MR) is 129 cm³/mol. The van der Waals surface area contributed by atoms with E-state index in [9.17, 15) is 48.6 Å². The molecule has 222 valence electrons. The number of nitro benzene ring substituents is 1. The lowest BCUT2D eigenvalue weighted by Gasteiger charge is -2.31. The Balaban J connectivity index is 2.05. The van der Waals surface area contributed by atoms with Crippen LogP contribution in [0.4, 0.5) is 11.5 Å². The molecule has 1 aliphatic rings. The second-order valence-electron chi connectivity index (χ2n) is 8.28. The van der Waals surface area contributed by atoms with E-state index < -0.39 is 76.3 Å². The first-order chi connectivity index (χ1) is 18.3. The van der Waals surface area contributed by atoms with Crippen LogP contribution in [-0.4, -0.2) is 68.7 Å². The maximum absolute atomic E-state index is 12.7. The quantitative estimate of drug-likeness (QED) is 0.0963. The van der Waals surface area contributed by atoms with Crippen LogP contribution in [-0.2, 0) is 31.6 Å². The first-order valence-corrected chi connectivity index (χ1v) is 15.3. The molecule has 2 aromatic rings. The van der Waals surface area contributed by atoms with Crippen LogP contribution in [0.2, 0.25) is 0 Å². The average molecular weight is 632 g/mol. The van der Waals surface area contributed by atoms with Gasteiger partial charge in [0.1, 0.15) is 30.2 Å². The van der Waals surface area contributed by atoms with Crippen molar-refractivity contribution in [3.8, 4) is 0 Å². The SMILES string of the molecule is CC(c1ccccc1[N+](=O)[O-])C(OP(=O)(O)OP(=O)(O)OP(=O)(O)O)[C@H]1O[C@@H](n2ccc(N)nc2=O)[C@H](O)[C@@H]1O. The summed E-state index contributed by atoms with van der Waals surface area (Å²) in [6.45, 7) is 1.20. The van der Waals surface area contributed by atoms with E-state index in [2.05, 4.69) is 13.6 Å². The molecule has 4 unspecified atom stereocenters. The fourth-order valence-corrected chi connectivity index (χ4v) is 7.18. The normalized spacial score (nSPS) is 26.0. The Morgan fingerprint density at radius 1 is 1.07 bits per heavy atom. The topological polar surface area (TPSA) is 314 Å². The molecule has 20 nitrogen and oxygen atoms in total. The summed E-state index contributed by atoms with van der Waals surface area (Å²) in [5.74, 6) is -1.60. The minimum Gasteiger partial charge on any atom is -0.387 e. The second-order valence-corrected chi connectivity index (χ2v) is 12.7. The van der Waals surface area contributed by atoms with Crippen molar-refractivity contribution in [1.29, 1.82) is 0 Å². The molecule has 1 fully saturated rings. The average Bonchev–Trinajstić information content (AvgIpc) is 3.08. The number of aromatic nitrogens is 2. The van der Waals surface area contributed by atoms with E-state index in [1.54, 1.807) is 0 Å². The Kier molecular flexibility index (Phi) is 9.50. The first kappa shape index (κ1) is 32.1. The molecular formula is C17H23N4O16P3. The number of nitrogens with zero attached hydrogens (tertiary/aromatic N) is 3. The van der Waals surface area contributed by atoms with Gasteiger partial charge in [-0.1, -0.05) is 25.1 Å². The Morgan fingerprint density at radius 3 is 2.27 bits per heavy atom. The third kappa shape index (κ3) is 7.65. The number of anilines is 1. The zero-order valence-corrected chi connectivity index (χ0v) is 22.6. The van der Waals surface area contributed by atoms with Crippen molar-refractivity contribution >= 4 is 35.0 Å². The Morgan fingerprint density at radius 2 is 1.70 bits per heavy atom. The van der Waals surface area contributed by atoms with Gasteiger partial charge in [0.15, 0.2) is 6.23 Å². The number of phosphoric acid groups is 3. The summed E-state index contributed by atoms with van der Waals surface area (Å²) in [4.78, 5) is 63.7. The molecular weight excluding hydrogens is 609 g/mol. The largest absolute Gasteiger partial charge is 0.490 e. The molecule has 1 aliphatic heterocycles. The molecule has 0 aliphatic carbocycles. The van der Waals surface area contributed by atoms with Crippen LogP contribution in [0.25, 0.3) is 0 Å².